The number of fused-ring (bicyclic) bond motifs is 8. The van der Waals surface area contributed by atoms with Gasteiger partial charge in [-0.2, -0.15) is 0 Å². The van der Waals surface area contributed by atoms with Gasteiger partial charge in [-0.05, 0) is 178 Å². The summed E-state index contributed by atoms with van der Waals surface area (Å²) in [6.45, 7) is 10.9. The van der Waals surface area contributed by atoms with Crippen molar-refractivity contribution >= 4 is 127 Å². The zero-order chi connectivity index (χ0) is 84.7. The van der Waals surface area contributed by atoms with Crippen LogP contribution in [0.3, 0.4) is 0 Å². The number of methoxy groups -OCH3 is 1. The van der Waals surface area contributed by atoms with Crippen molar-refractivity contribution in [3.63, 3.8) is 0 Å². The van der Waals surface area contributed by atoms with Crippen LogP contribution in [0.1, 0.15) is 51.3 Å². The van der Waals surface area contributed by atoms with E-state index in [0.717, 1.165) is 70.0 Å². The van der Waals surface area contributed by atoms with Gasteiger partial charge in [0, 0.05) is 23.2 Å². The molecule has 588 valence electrons. The molecule has 1 aliphatic rings. The predicted octanol–water partition coefficient (Wildman–Crippen LogP) is 10.3. The summed E-state index contributed by atoms with van der Waals surface area (Å²) in [5.41, 5.74) is 9.89. The fourth-order valence-electron chi connectivity index (χ4n) is 12.1. The molecule has 0 aliphatic heterocycles. The van der Waals surface area contributed by atoms with E-state index in [1.807, 2.05) is 218 Å². The summed E-state index contributed by atoms with van der Waals surface area (Å²) in [4.78, 5) is 7.13. The molecule has 0 saturated heterocycles. The Morgan fingerprint density at radius 1 is 0.314 bits per heavy atom. The Kier molecular flexibility index (Phi) is 37.0. The second-order valence-corrected chi connectivity index (χ2v) is 26.9. The lowest BCUT2D eigenvalue weighted by Crippen LogP contribution is -2.34. The van der Waals surface area contributed by atoms with Crippen molar-refractivity contribution in [2.24, 2.45) is 0 Å². The van der Waals surface area contributed by atoms with Gasteiger partial charge in [0.05, 0.1) is 12.9 Å². The number of hydrogen-bond donors (Lipinski definition) is 12. The predicted molar refractivity (Wildman–Crippen MR) is 473 cm³/mol. The monoisotopic (exact) mass is 1570 g/mol. The fraction of sp³-hybridized carbons (Fsp3) is 0.0909. The molecule has 12 N–H and O–H groups in total. The minimum Gasteiger partial charge on any atom is -0.537 e. The summed E-state index contributed by atoms with van der Waals surface area (Å²) in [5.74, 6) is 4.58. The minimum atomic E-state index is -1.56. The molecule has 1 aromatic heterocycles. The number of hydrogen-bond acceptors (Lipinski definition) is 21. The quantitative estimate of drug-likeness (QED) is 0.0298. The summed E-state index contributed by atoms with van der Waals surface area (Å²) in [6, 6.07) is 102. The average molecular weight is 1570 g/mol. The molecule has 15 aromatic rings. The van der Waals surface area contributed by atoms with E-state index >= 15 is 0 Å². The topological polar surface area (TPSA) is 333 Å². The molecule has 0 bridgehead atoms. The van der Waals surface area contributed by atoms with E-state index in [2.05, 4.69) is 91.7 Å². The first kappa shape index (κ1) is 91.4. The first-order chi connectivity index (χ1) is 57.1. The van der Waals surface area contributed by atoms with Crippen LogP contribution in [0, 0.1) is 0 Å². The molecule has 118 heavy (non-hydrogen) atoms. The van der Waals surface area contributed by atoms with Gasteiger partial charge in [0.25, 0.3) is 0 Å². The highest BCUT2D eigenvalue weighted by Crippen LogP contribution is 2.49. The van der Waals surface area contributed by atoms with Crippen molar-refractivity contribution < 1.29 is 93.0 Å². The van der Waals surface area contributed by atoms with Crippen LogP contribution in [-0.4, -0.2) is 145 Å². The van der Waals surface area contributed by atoms with Gasteiger partial charge >= 0.3 is 67.5 Å². The highest BCUT2D eigenvalue weighted by molar-refractivity contribution is 6.62. The average Bonchev–Trinajstić information content (AvgIpc) is 1.57. The fourth-order valence-corrected chi connectivity index (χ4v) is 12.1. The second-order valence-electron chi connectivity index (χ2n) is 26.9. The Bertz CT molecular complexity index is 5400. The maximum atomic E-state index is 9.08. The van der Waals surface area contributed by atoms with Crippen molar-refractivity contribution in [1.82, 2.24) is 9.97 Å². The van der Waals surface area contributed by atoms with Gasteiger partial charge in [0.1, 0.15) is 34.5 Å². The van der Waals surface area contributed by atoms with Crippen LogP contribution in [0.4, 0.5) is 0 Å². The Hall–Kier alpha value is -12.1. The third-order valence-corrected chi connectivity index (χ3v) is 17.9. The zero-order valence-corrected chi connectivity index (χ0v) is 65.6. The van der Waals surface area contributed by atoms with Crippen LogP contribution in [0.15, 0.2) is 334 Å². The van der Waals surface area contributed by atoms with Crippen LogP contribution in [-0.2, 0) is 10.8 Å². The minimum absolute atomic E-state index is 0.0255. The molecule has 21 nitrogen and oxygen atoms in total. The molecule has 14 aromatic carbocycles. The van der Waals surface area contributed by atoms with E-state index < -0.39 is 21.4 Å². The van der Waals surface area contributed by atoms with Gasteiger partial charge in [0.2, 0.25) is 0 Å². The molecule has 0 saturated carbocycles. The molecule has 0 atom stereocenters. The lowest BCUT2D eigenvalue weighted by atomic mass is 9.77. The van der Waals surface area contributed by atoms with E-state index in [0.29, 0.717) is 76.2 Å². The maximum absolute atomic E-state index is 9.08. The smallest absolute Gasteiger partial charge is 0.537 e. The molecule has 1 heterocycles. The van der Waals surface area contributed by atoms with E-state index in [1.54, 1.807) is 67.8 Å². The SMILES string of the molecule is CC(C)(C)c1ccc(O[B]O)cc1.CC1(C)c2ccccc2-c2ccc(O[B]O)cc21.COc1ccc(O[B]O)cc1.OB(O)c1cccc2ccccc12.OB(O)c1ccccc1.OB(O)c1ncccn1.O[B]Oc1cc2ccccc2c2ccccc12.O[B]Oc1ccc(-c2ccccc2)cc1.O[B]Oc1ccc2ccccc2c1. The van der Waals surface area contributed by atoms with Gasteiger partial charge in [-0.1, -0.05) is 271 Å². The first-order valence-corrected chi connectivity index (χ1v) is 36.8. The lowest BCUT2D eigenvalue weighted by molar-refractivity contribution is 0.412. The molecule has 16 rings (SSSR count). The van der Waals surface area contributed by atoms with Gasteiger partial charge < -0.3 is 93.0 Å². The van der Waals surface area contributed by atoms with Crippen molar-refractivity contribution in [2.45, 2.75) is 45.4 Å². The van der Waals surface area contributed by atoms with E-state index in [9.17, 15) is 0 Å². The molecule has 6 radical (unpaired) electrons. The third-order valence-electron chi connectivity index (χ3n) is 17.9. The highest BCUT2D eigenvalue weighted by atomic mass is 16.5. The van der Waals surface area contributed by atoms with Gasteiger partial charge in [-0.3, -0.25) is 0 Å². The summed E-state index contributed by atoms with van der Waals surface area (Å²) >= 11 is 0. The molecule has 0 fully saturated rings. The van der Waals surface area contributed by atoms with Crippen LogP contribution >= 0.6 is 0 Å². The largest absolute Gasteiger partial charge is 0.569 e. The van der Waals surface area contributed by atoms with E-state index in [1.165, 1.54) is 45.6 Å². The molecular weight excluding hydrogens is 1490 g/mol. The van der Waals surface area contributed by atoms with Crippen molar-refractivity contribution in [3.05, 3.63) is 351 Å². The second kappa shape index (κ2) is 47.8. The first-order valence-electron chi connectivity index (χ1n) is 36.8. The Labute approximate surface area is 691 Å². The van der Waals surface area contributed by atoms with Crippen molar-refractivity contribution in [2.75, 3.05) is 7.11 Å². The summed E-state index contributed by atoms with van der Waals surface area (Å²) in [7, 11) is 1.42. The molecule has 0 spiro atoms. The summed E-state index contributed by atoms with van der Waals surface area (Å²) in [6.07, 6.45) is 2.89. The summed E-state index contributed by atoms with van der Waals surface area (Å²) < 4.78 is 34.3. The van der Waals surface area contributed by atoms with E-state index in [4.69, 9.17) is 88.3 Å². The molecule has 1 aliphatic carbocycles. The molecule has 0 unspecified atom stereocenters. The van der Waals surface area contributed by atoms with Crippen molar-refractivity contribution in [1.29, 1.82) is 0 Å². The molecule has 30 heteroatoms. The van der Waals surface area contributed by atoms with Gasteiger partial charge in [-0.25, -0.2) is 9.97 Å². The number of ether oxygens (including phenoxy) is 1. The number of benzene rings is 14. The lowest BCUT2D eigenvalue weighted by Gasteiger charge is -2.21. The van der Waals surface area contributed by atoms with Gasteiger partial charge in [-0.15, -0.1) is 0 Å². The maximum Gasteiger partial charge on any atom is 0.569 e. The third kappa shape index (κ3) is 27.8. The van der Waals surface area contributed by atoms with Crippen molar-refractivity contribution in [3.8, 4) is 62.5 Å². The van der Waals surface area contributed by atoms with Crippen LogP contribution in [0.5, 0.6) is 40.2 Å². The highest BCUT2D eigenvalue weighted by Gasteiger charge is 2.35. The van der Waals surface area contributed by atoms with E-state index in [-0.39, 0.29) is 16.6 Å². The van der Waals surface area contributed by atoms with Crippen LogP contribution in [0.2, 0.25) is 0 Å². The Morgan fingerprint density at radius 2 is 0.737 bits per heavy atom. The normalized spacial score (nSPS) is 10.7. The number of aromatic nitrogens is 2. The Balaban J connectivity index is 0.000000167. The number of rotatable bonds is 17. The van der Waals surface area contributed by atoms with Crippen LogP contribution in [0.25, 0.3) is 65.3 Å². The standard InChI is InChI=1S/C15H14BO2.C14H10BO2.C12H10BO2.C10H9BO2.C10H8BO2.C10H14BO2.C7H8BO3.C6H7BO2.C4H5BN2O2/c1-15(2)13-6-4-3-5-11(13)12-8-7-10(18-16-17)9-14(12)15;16-15-17-14-9-10-5-1-2-6-11(10)12-7-3-4-8-13(12)14;14-13-15-12-8-6-11(7-9-12)10-4-2-1-3-5-10;12-11(13)10-7-3-5-8-4-1-2-6-9(8)10;12-11-13-10-6-5-8-3-1-2-4-9(8)7-10;1-10(2,3)8-4-6-9(7-5-8)13-11-12;1-10-6-2-4-7(5-3-6)11-8-9;8-7(9)6-4-2-1-3-5-6;8-5(9)4-6-2-1-3-7-4/h3-9,17H,1-2H3;1-9,16H;1-9,14H;1-7,12-13H;1-7,12H;4-7,12H,1-3H3;2-5,9H,1H3;1-5,8-9H;1-3,8-9H. The number of nitrogens with zero attached hydrogens (tertiary/aromatic N) is 2. The molecular formula is C88H85B9N2O19. The van der Waals surface area contributed by atoms with Crippen LogP contribution < -0.4 is 49.3 Å². The van der Waals surface area contributed by atoms with Gasteiger partial charge in [0.15, 0.2) is 5.72 Å². The zero-order valence-electron chi connectivity index (χ0n) is 65.6. The Morgan fingerprint density at radius 3 is 1.27 bits per heavy atom. The molecule has 0 amide bonds. The summed E-state index contributed by atoms with van der Waals surface area (Å²) in [5, 5.41) is 112.